The van der Waals surface area contributed by atoms with Crippen LogP contribution in [0.5, 0.6) is 5.75 Å². The van der Waals surface area contributed by atoms with Crippen molar-refractivity contribution in [3.8, 4) is 5.75 Å². The van der Waals surface area contributed by atoms with Crippen LogP contribution in [0, 0.1) is 6.92 Å². The highest BCUT2D eigenvalue weighted by molar-refractivity contribution is 9.10. The summed E-state index contributed by atoms with van der Waals surface area (Å²) in [7, 11) is 0. The number of hydrogen-bond acceptors (Lipinski definition) is 3. The lowest BCUT2D eigenvalue weighted by molar-refractivity contribution is 0.0733. The molecule has 2 atom stereocenters. The molecule has 15 heavy (non-hydrogen) atoms. The number of aryl methyl sites for hydroxylation is 1. The molecule has 1 aromatic rings. The SMILES string of the molecule is Cc1cc(Br)ccc1OC1CNCC1O. The van der Waals surface area contributed by atoms with E-state index in [9.17, 15) is 5.11 Å². The molecule has 1 aliphatic heterocycles. The molecule has 0 radical (unpaired) electrons. The number of ether oxygens (including phenoxy) is 1. The van der Waals surface area contributed by atoms with Crippen molar-refractivity contribution in [2.75, 3.05) is 13.1 Å². The van der Waals surface area contributed by atoms with Crippen molar-refractivity contribution in [3.63, 3.8) is 0 Å². The van der Waals surface area contributed by atoms with Gasteiger partial charge in [-0.3, -0.25) is 0 Å². The highest BCUT2D eigenvalue weighted by atomic mass is 79.9. The van der Waals surface area contributed by atoms with Crippen molar-refractivity contribution in [3.05, 3.63) is 28.2 Å². The van der Waals surface area contributed by atoms with E-state index in [0.29, 0.717) is 13.1 Å². The Morgan fingerprint density at radius 1 is 1.47 bits per heavy atom. The smallest absolute Gasteiger partial charge is 0.138 e. The largest absolute Gasteiger partial charge is 0.486 e. The van der Waals surface area contributed by atoms with E-state index in [1.54, 1.807) is 0 Å². The molecular weight excluding hydrogens is 258 g/mol. The molecule has 2 rings (SSSR count). The highest BCUT2D eigenvalue weighted by Gasteiger charge is 2.26. The lowest BCUT2D eigenvalue weighted by Crippen LogP contribution is -2.30. The second-order valence-corrected chi connectivity index (χ2v) is 4.71. The first-order valence-electron chi connectivity index (χ1n) is 4.98. The van der Waals surface area contributed by atoms with Crippen LogP contribution < -0.4 is 10.1 Å². The van der Waals surface area contributed by atoms with Crippen molar-refractivity contribution >= 4 is 15.9 Å². The van der Waals surface area contributed by atoms with Crippen molar-refractivity contribution in [1.29, 1.82) is 0 Å². The van der Waals surface area contributed by atoms with Crippen LogP contribution in [0.2, 0.25) is 0 Å². The third-order valence-electron chi connectivity index (χ3n) is 2.54. The van der Waals surface area contributed by atoms with Crippen molar-refractivity contribution < 1.29 is 9.84 Å². The summed E-state index contributed by atoms with van der Waals surface area (Å²) in [6.45, 7) is 3.31. The Hall–Kier alpha value is -0.580. The number of aliphatic hydroxyl groups excluding tert-OH is 1. The summed E-state index contributed by atoms with van der Waals surface area (Å²) in [5.41, 5.74) is 1.07. The zero-order valence-corrected chi connectivity index (χ0v) is 10.1. The molecule has 1 aliphatic rings. The zero-order valence-electron chi connectivity index (χ0n) is 8.53. The monoisotopic (exact) mass is 271 g/mol. The number of hydrogen-bond donors (Lipinski definition) is 2. The van der Waals surface area contributed by atoms with E-state index in [2.05, 4.69) is 21.2 Å². The van der Waals surface area contributed by atoms with Crippen LogP contribution in [-0.2, 0) is 0 Å². The van der Waals surface area contributed by atoms with E-state index >= 15 is 0 Å². The van der Waals surface area contributed by atoms with Gasteiger partial charge in [-0.15, -0.1) is 0 Å². The average molecular weight is 272 g/mol. The van der Waals surface area contributed by atoms with Gasteiger partial charge in [-0.25, -0.2) is 0 Å². The first-order chi connectivity index (χ1) is 7.16. The van der Waals surface area contributed by atoms with Crippen LogP contribution in [0.1, 0.15) is 5.56 Å². The van der Waals surface area contributed by atoms with Gasteiger partial charge < -0.3 is 15.2 Å². The molecule has 0 bridgehead atoms. The fourth-order valence-electron chi connectivity index (χ4n) is 1.67. The number of benzene rings is 1. The molecule has 0 spiro atoms. The van der Waals surface area contributed by atoms with Gasteiger partial charge in [-0.05, 0) is 30.7 Å². The van der Waals surface area contributed by atoms with Gasteiger partial charge in [0, 0.05) is 17.6 Å². The molecule has 2 unspecified atom stereocenters. The molecule has 1 saturated heterocycles. The molecule has 1 fully saturated rings. The van der Waals surface area contributed by atoms with E-state index in [0.717, 1.165) is 15.8 Å². The summed E-state index contributed by atoms with van der Waals surface area (Å²) < 4.78 is 6.78. The van der Waals surface area contributed by atoms with E-state index in [4.69, 9.17) is 4.74 Å². The van der Waals surface area contributed by atoms with Gasteiger partial charge >= 0.3 is 0 Å². The van der Waals surface area contributed by atoms with Crippen LogP contribution in [0.25, 0.3) is 0 Å². The maximum Gasteiger partial charge on any atom is 0.138 e. The molecular formula is C11H14BrNO2. The number of β-amino-alcohol motifs (C(OH)–C–C–N with tert-alkyl or cyclic N) is 1. The Balaban J connectivity index is 2.10. The third-order valence-corrected chi connectivity index (χ3v) is 3.04. The number of rotatable bonds is 2. The van der Waals surface area contributed by atoms with E-state index in [1.807, 2.05) is 25.1 Å². The van der Waals surface area contributed by atoms with Crippen LogP contribution in [0.15, 0.2) is 22.7 Å². The van der Waals surface area contributed by atoms with Crippen LogP contribution in [0.3, 0.4) is 0 Å². The molecule has 0 amide bonds. The average Bonchev–Trinajstić information content (AvgIpc) is 2.57. The highest BCUT2D eigenvalue weighted by Crippen LogP contribution is 2.24. The maximum absolute atomic E-state index is 9.60. The zero-order chi connectivity index (χ0) is 10.8. The summed E-state index contributed by atoms with van der Waals surface area (Å²) in [5.74, 6) is 0.839. The minimum absolute atomic E-state index is 0.134. The summed E-state index contributed by atoms with van der Waals surface area (Å²) >= 11 is 3.40. The Morgan fingerprint density at radius 3 is 2.87 bits per heavy atom. The first-order valence-corrected chi connectivity index (χ1v) is 5.77. The topological polar surface area (TPSA) is 41.5 Å². The number of nitrogens with one attached hydrogen (secondary N) is 1. The van der Waals surface area contributed by atoms with E-state index in [-0.39, 0.29) is 6.10 Å². The quantitative estimate of drug-likeness (QED) is 0.856. The molecule has 3 nitrogen and oxygen atoms in total. The normalized spacial score (nSPS) is 25.5. The Bertz CT molecular complexity index is 356. The lowest BCUT2D eigenvalue weighted by Gasteiger charge is -2.17. The maximum atomic E-state index is 9.60. The third kappa shape index (κ3) is 2.51. The van der Waals surface area contributed by atoms with Gasteiger partial charge in [0.25, 0.3) is 0 Å². The molecule has 0 aromatic heterocycles. The molecule has 0 saturated carbocycles. The van der Waals surface area contributed by atoms with Gasteiger partial charge in [0.2, 0.25) is 0 Å². The molecule has 4 heteroatoms. The summed E-state index contributed by atoms with van der Waals surface area (Å²) in [6, 6.07) is 5.87. The Morgan fingerprint density at radius 2 is 2.27 bits per heavy atom. The standard InChI is InChI=1S/C11H14BrNO2/c1-7-4-8(12)2-3-10(7)15-11-6-13-5-9(11)14/h2-4,9,11,13-14H,5-6H2,1H3. The summed E-state index contributed by atoms with van der Waals surface area (Å²) in [6.07, 6.45) is -0.544. The fraction of sp³-hybridized carbons (Fsp3) is 0.455. The van der Waals surface area contributed by atoms with E-state index in [1.165, 1.54) is 0 Å². The molecule has 1 heterocycles. The second kappa shape index (κ2) is 4.51. The number of halogens is 1. The summed E-state index contributed by atoms with van der Waals surface area (Å²) in [4.78, 5) is 0. The van der Waals surface area contributed by atoms with Gasteiger partial charge in [-0.2, -0.15) is 0 Å². The van der Waals surface area contributed by atoms with Crippen molar-refractivity contribution in [2.45, 2.75) is 19.1 Å². The molecule has 2 N–H and O–H groups in total. The van der Waals surface area contributed by atoms with E-state index < -0.39 is 6.10 Å². The van der Waals surface area contributed by atoms with Gasteiger partial charge in [0.15, 0.2) is 0 Å². The molecule has 1 aromatic carbocycles. The van der Waals surface area contributed by atoms with Crippen LogP contribution in [0.4, 0.5) is 0 Å². The van der Waals surface area contributed by atoms with Gasteiger partial charge in [-0.1, -0.05) is 15.9 Å². The second-order valence-electron chi connectivity index (χ2n) is 3.79. The fourth-order valence-corrected chi connectivity index (χ4v) is 2.14. The van der Waals surface area contributed by atoms with Crippen molar-refractivity contribution in [2.24, 2.45) is 0 Å². The van der Waals surface area contributed by atoms with Crippen LogP contribution >= 0.6 is 15.9 Å². The van der Waals surface area contributed by atoms with Crippen molar-refractivity contribution in [1.82, 2.24) is 5.32 Å². The van der Waals surface area contributed by atoms with Gasteiger partial charge in [0.1, 0.15) is 18.0 Å². The lowest BCUT2D eigenvalue weighted by atomic mass is 10.2. The van der Waals surface area contributed by atoms with Gasteiger partial charge in [0.05, 0.1) is 0 Å². The minimum atomic E-state index is -0.409. The predicted molar refractivity (Wildman–Crippen MR) is 62.2 cm³/mol. The summed E-state index contributed by atoms with van der Waals surface area (Å²) in [5, 5.41) is 12.7. The number of aliphatic hydroxyl groups is 1. The molecule has 82 valence electrons. The minimum Gasteiger partial charge on any atom is -0.486 e. The Kier molecular flexibility index (Phi) is 3.29. The predicted octanol–water partition coefficient (Wildman–Crippen LogP) is 1.47. The van der Waals surface area contributed by atoms with Crippen LogP contribution in [-0.4, -0.2) is 30.4 Å². The Labute approximate surface area is 97.6 Å². The first kappa shape index (κ1) is 10.9. The molecule has 0 aliphatic carbocycles.